The second kappa shape index (κ2) is 9.60. The van der Waals surface area contributed by atoms with Crippen molar-refractivity contribution >= 4 is 50.7 Å². The van der Waals surface area contributed by atoms with Crippen molar-refractivity contribution in [3.8, 4) is 5.75 Å². The largest absolute Gasteiger partial charge is 0.481 e. The van der Waals surface area contributed by atoms with E-state index in [1.165, 1.54) is 18.0 Å². The zero-order chi connectivity index (χ0) is 20.8. The van der Waals surface area contributed by atoms with Crippen molar-refractivity contribution in [2.24, 2.45) is 5.10 Å². The number of benzene rings is 2. The summed E-state index contributed by atoms with van der Waals surface area (Å²) in [7, 11) is 0. The lowest BCUT2D eigenvalue weighted by atomic mass is 10.2. The van der Waals surface area contributed by atoms with Crippen LogP contribution in [-0.2, 0) is 4.79 Å². The maximum atomic E-state index is 12.0. The number of hydrogen-bond acceptors (Lipinski definition) is 6. The quantitative estimate of drug-likeness (QED) is 0.287. The molecule has 0 unspecified atom stereocenters. The van der Waals surface area contributed by atoms with Crippen LogP contribution in [0.1, 0.15) is 5.76 Å². The lowest BCUT2D eigenvalue weighted by Crippen LogP contribution is -2.24. The number of hydrogen-bond donors (Lipinski definition) is 1. The number of amides is 1. The Morgan fingerprint density at radius 3 is 2.87 bits per heavy atom. The van der Waals surface area contributed by atoms with Gasteiger partial charge in [0.05, 0.1) is 10.7 Å². The number of rotatable bonds is 7. The number of hydrazone groups is 1. The summed E-state index contributed by atoms with van der Waals surface area (Å²) in [5.74, 6) is 0.674. The summed E-state index contributed by atoms with van der Waals surface area (Å²) in [6.07, 6.45) is 3.13. The molecule has 2 heterocycles. The van der Waals surface area contributed by atoms with Gasteiger partial charge in [0, 0.05) is 22.5 Å². The van der Waals surface area contributed by atoms with E-state index >= 15 is 0 Å². The van der Waals surface area contributed by atoms with E-state index in [2.05, 4.69) is 31.4 Å². The van der Waals surface area contributed by atoms with Crippen LogP contribution in [-0.4, -0.2) is 23.7 Å². The van der Waals surface area contributed by atoms with Crippen molar-refractivity contribution in [2.45, 2.75) is 9.99 Å². The van der Waals surface area contributed by atoms with Crippen LogP contribution in [0, 0.1) is 0 Å². The van der Waals surface area contributed by atoms with E-state index in [4.69, 9.17) is 9.15 Å². The standard InChI is InChI=1S/C22H16BrN3O3S/c23-18-12-16(29-22(18)30-17-8-2-1-3-9-17)13-25-26-20(27)14-28-19-10-4-6-15-7-5-11-24-21(15)19/h1-13H,14H2,(H,26,27)/b25-13+. The van der Waals surface area contributed by atoms with Gasteiger partial charge in [-0.25, -0.2) is 5.43 Å². The molecule has 8 heteroatoms. The monoisotopic (exact) mass is 481 g/mol. The number of furan rings is 1. The van der Waals surface area contributed by atoms with Gasteiger partial charge in [-0.1, -0.05) is 48.2 Å². The minimum atomic E-state index is -0.385. The number of aromatic nitrogens is 1. The highest BCUT2D eigenvalue weighted by atomic mass is 79.9. The maximum absolute atomic E-state index is 12.0. The lowest BCUT2D eigenvalue weighted by Gasteiger charge is -2.07. The van der Waals surface area contributed by atoms with Crippen molar-refractivity contribution < 1.29 is 13.9 Å². The van der Waals surface area contributed by atoms with E-state index in [0.29, 0.717) is 22.1 Å². The van der Waals surface area contributed by atoms with E-state index in [0.717, 1.165) is 14.8 Å². The molecule has 2 aromatic heterocycles. The zero-order valence-corrected chi connectivity index (χ0v) is 18.0. The number of ether oxygens (including phenoxy) is 1. The third-order valence-corrected chi connectivity index (χ3v) is 5.81. The highest BCUT2D eigenvalue weighted by Gasteiger charge is 2.10. The van der Waals surface area contributed by atoms with Gasteiger partial charge in [0.15, 0.2) is 11.7 Å². The van der Waals surface area contributed by atoms with E-state index in [-0.39, 0.29) is 12.5 Å². The Hall–Kier alpha value is -3.10. The molecular weight excluding hydrogens is 466 g/mol. The van der Waals surface area contributed by atoms with Crippen LogP contribution in [0.3, 0.4) is 0 Å². The summed E-state index contributed by atoms with van der Waals surface area (Å²) >= 11 is 4.97. The third-order valence-electron chi connectivity index (χ3n) is 3.96. The predicted octanol–water partition coefficient (Wildman–Crippen LogP) is 5.27. The summed E-state index contributed by atoms with van der Waals surface area (Å²) in [5, 5.41) is 5.59. The molecule has 0 aliphatic heterocycles. The molecule has 0 aliphatic carbocycles. The number of nitrogens with zero attached hydrogens (tertiary/aromatic N) is 2. The van der Waals surface area contributed by atoms with Crippen LogP contribution in [0.25, 0.3) is 10.9 Å². The number of nitrogens with one attached hydrogen (secondary N) is 1. The SMILES string of the molecule is O=C(COc1cccc2cccnc12)N/N=C/c1cc(Br)c(Sc2ccccc2)o1. The first kappa shape index (κ1) is 20.2. The average Bonchev–Trinajstić information content (AvgIpc) is 3.12. The first-order chi connectivity index (χ1) is 14.7. The summed E-state index contributed by atoms with van der Waals surface area (Å²) in [4.78, 5) is 17.4. The normalized spacial score (nSPS) is 11.1. The van der Waals surface area contributed by atoms with E-state index in [9.17, 15) is 4.79 Å². The molecule has 30 heavy (non-hydrogen) atoms. The topological polar surface area (TPSA) is 76.7 Å². The average molecular weight is 482 g/mol. The molecule has 0 saturated heterocycles. The van der Waals surface area contributed by atoms with E-state index < -0.39 is 0 Å². The Balaban J connectivity index is 1.32. The lowest BCUT2D eigenvalue weighted by molar-refractivity contribution is -0.123. The fourth-order valence-corrected chi connectivity index (χ4v) is 3.98. The van der Waals surface area contributed by atoms with Gasteiger partial charge in [0.25, 0.3) is 5.91 Å². The van der Waals surface area contributed by atoms with Crippen LogP contribution in [0.2, 0.25) is 0 Å². The number of pyridine rings is 1. The van der Waals surface area contributed by atoms with Gasteiger partial charge in [0.1, 0.15) is 17.0 Å². The van der Waals surface area contributed by atoms with Gasteiger partial charge >= 0.3 is 0 Å². The molecule has 2 aromatic carbocycles. The van der Waals surface area contributed by atoms with Crippen molar-refractivity contribution in [3.63, 3.8) is 0 Å². The molecule has 1 amide bonds. The van der Waals surface area contributed by atoms with Gasteiger partial charge in [-0.2, -0.15) is 5.10 Å². The smallest absolute Gasteiger partial charge is 0.277 e. The highest BCUT2D eigenvalue weighted by Crippen LogP contribution is 2.35. The van der Waals surface area contributed by atoms with Crippen molar-refractivity contribution in [1.82, 2.24) is 10.4 Å². The van der Waals surface area contributed by atoms with Gasteiger partial charge in [-0.05, 0) is 40.2 Å². The molecule has 0 spiro atoms. The Morgan fingerprint density at radius 1 is 1.17 bits per heavy atom. The second-order valence-corrected chi connectivity index (χ2v) is 8.01. The molecule has 1 N–H and O–H groups in total. The molecular formula is C22H16BrN3O3S. The van der Waals surface area contributed by atoms with Crippen LogP contribution in [0.5, 0.6) is 5.75 Å². The van der Waals surface area contributed by atoms with E-state index in [1.54, 1.807) is 18.3 Å². The highest BCUT2D eigenvalue weighted by molar-refractivity contribution is 9.10. The Labute approximate surface area is 185 Å². The Morgan fingerprint density at radius 2 is 2.00 bits per heavy atom. The number of para-hydroxylation sites is 1. The molecule has 0 radical (unpaired) electrons. The summed E-state index contributed by atoms with van der Waals surface area (Å²) < 4.78 is 12.2. The number of carbonyl (C=O) groups excluding carboxylic acids is 1. The van der Waals surface area contributed by atoms with Crippen LogP contribution >= 0.6 is 27.7 Å². The summed E-state index contributed by atoms with van der Waals surface area (Å²) in [6.45, 7) is -0.177. The fourth-order valence-electron chi connectivity index (χ4n) is 2.63. The van der Waals surface area contributed by atoms with Gasteiger partial charge in [-0.15, -0.1) is 0 Å². The Kier molecular flexibility index (Phi) is 6.46. The number of carbonyl (C=O) groups is 1. The number of halogens is 1. The fraction of sp³-hybridized carbons (Fsp3) is 0.0455. The van der Waals surface area contributed by atoms with Crippen LogP contribution in [0.4, 0.5) is 0 Å². The Bertz CT molecular complexity index is 1190. The number of fused-ring (bicyclic) bond motifs is 1. The molecule has 0 fully saturated rings. The molecule has 0 atom stereocenters. The molecule has 6 nitrogen and oxygen atoms in total. The zero-order valence-electron chi connectivity index (χ0n) is 15.6. The van der Waals surface area contributed by atoms with Crippen LogP contribution in [0.15, 0.2) is 96.9 Å². The molecule has 4 aromatic rings. The van der Waals surface area contributed by atoms with Crippen molar-refractivity contribution in [3.05, 3.63) is 83.2 Å². The summed E-state index contributed by atoms with van der Waals surface area (Å²) in [5.41, 5.74) is 3.14. The molecule has 4 rings (SSSR count). The van der Waals surface area contributed by atoms with Crippen molar-refractivity contribution in [1.29, 1.82) is 0 Å². The third kappa shape index (κ3) is 5.08. The molecule has 0 saturated carbocycles. The first-order valence-electron chi connectivity index (χ1n) is 9.00. The molecule has 0 aliphatic rings. The predicted molar refractivity (Wildman–Crippen MR) is 120 cm³/mol. The van der Waals surface area contributed by atoms with Gasteiger partial charge < -0.3 is 9.15 Å². The first-order valence-corrected chi connectivity index (χ1v) is 10.6. The second-order valence-electron chi connectivity index (χ2n) is 6.11. The maximum Gasteiger partial charge on any atom is 0.277 e. The van der Waals surface area contributed by atoms with E-state index in [1.807, 2.05) is 54.6 Å². The minimum absolute atomic E-state index is 0.177. The molecule has 150 valence electrons. The minimum Gasteiger partial charge on any atom is -0.481 e. The van der Waals surface area contributed by atoms with Gasteiger partial charge in [0.2, 0.25) is 0 Å². The molecule has 0 bridgehead atoms. The van der Waals surface area contributed by atoms with Crippen molar-refractivity contribution in [2.75, 3.05) is 6.61 Å². The van der Waals surface area contributed by atoms with Gasteiger partial charge in [-0.3, -0.25) is 9.78 Å². The van der Waals surface area contributed by atoms with Crippen LogP contribution < -0.4 is 10.2 Å². The summed E-state index contributed by atoms with van der Waals surface area (Å²) in [6, 6.07) is 21.0.